The maximum Gasteiger partial charge on any atom is 0.235 e. The number of hydrogen-bond acceptors (Lipinski definition) is 3. The van der Waals surface area contributed by atoms with Crippen LogP contribution in [0.15, 0.2) is 63.8 Å². The summed E-state index contributed by atoms with van der Waals surface area (Å²) >= 11 is 12.4. The lowest BCUT2D eigenvalue weighted by Gasteiger charge is -2.19. The van der Waals surface area contributed by atoms with Crippen molar-refractivity contribution >= 4 is 34.2 Å². The fourth-order valence-corrected chi connectivity index (χ4v) is 3.94. The molecule has 0 unspecified atom stereocenters. The van der Waals surface area contributed by atoms with Gasteiger partial charge in [-0.15, -0.1) is 0 Å². The largest absolute Gasteiger partial charge is 0.481 e. The molecule has 0 fully saturated rings. The molecule has 0 spiro atoms. The molecule has 6 heteroatoms. The van der Waals surface area contributed by atoms with Crippen LogP contribution in [0.3, 0.4) is 0 Å². The van der Waals surface area contributed by atoms with E-state index >= 15 is 0 Å². The fourth-order valence-electron chi connectivity index (χ4n) is 3.56. The zero-order valence-corrected chi connectivity index (χ0v) is 20.3. The van der Waals surface area contributed by atoms with Crippen molar-refractivity contribution in [1.29, 1.82) is 0 Å². The van der Waals surface area contributed by atoms with Gasteiger partial charge in [0.05, 0.1) is 10.4 Å². The number of aryl methyl sites for hydroxylation is 1. The van der Waals surface area contributed by atoms with E-state index in [1.165, 1.54) is 12.1 Å². The van der Waals surface area contributed by atoms with Crippen molar-refractivity contribution in [1.82, 2.24) is 0 Å². The first kappa shape index (κ1) is 23.3. The molecule has 1 heterocycles. The molecule has 1 aromatic heterocycles. The third-order valence-electron chi connectivity index (χ3n) is 5.57. The van der Waals surface area contributed by atoms with Crippen molar-refractivity contribution in [2.45, 2.75) is 39.7 Å². The summed E-state index contributed by atoms with van der Waals surface area (Å²) < 4.78 is 26.3. The van der Waals surface area contributed by atoms with E-state index in [2.05, 4.69) is 20.8 Å². The minimum atomic E-state index is -0.512. The Morgan fingerprint density at radius 2 is 1.70 bits per heavy atom. The SMILES string of the molecule is Cc1cc2oc(-c3ccc(C(C)(C)C)cc3)c(OCc3c(F)cccc3Cl)c(=O)c2cc1Cl. The van der Waals surface area contributed by atoms with Gasteiger partial charge in [-0.05, 0) is 47.7 Å². The van der Waals surface area contributed by atoms with Crippen molar-refractivity contribution in [2.75, 3.05) is 0 Å². The standard InChI is InChI=1S/C27H23Cl2FO3/c1-15-12-23-18(13-21(15)29)24(31)26(32-14-19-20(28)6-5-7-22(19)30)25(33-23)16-8-10-17(11-9-16)27(2,3)4/h5-13H,14H2,1-4H3. The van der Waals surface area contributed by atoms with E-state index in [0.29, 0.717) is 16.2 Å². The average Bonchev–Trinajstić information content (AvgIpc) is 2.75. The van der Waals surface area contributed by atoms with Crippen molar-refractivity contribution in [2.24, 2.45) is 0 Å². The Bertz CT molecular complexity index is 1380. The first-order valence-electron chi connectivity index (χ1n) is 10.5. The number of benzene rings is 3. The maximum absolute atomic E-state index is 14.3. The van der Waals surface area contributed by atoms with Crippen molar-refractivity contribution in [3.05, 3.63) is 97.4 Å². The highest BCUT2D eigenvalue weighted by Gasteiger charge is 2.21. The lowest BCUT2D eigenvalue weighted by atomic mass is 9.86. The van der Waals surface area contributed by atoms with Gasteiger partial charge in [0.15, 0.2) is 5.76 Å². The van der Waals surface area contributed by atoms with Gasteiger partial charge in [0.25, 0.3) is 0 Å². The summed E-state index contributed by atoms with van der Waals surface area (Å²) in [6.07, 6.45) is 0. The summed E-state index contributed by atoms with van der Waals surface area (Å²) in [6, 6.07) is 15.4. The summed E-state index contributed by atoms with van der Waals surface area (Å²) in [7, 11) is 0. The molecule has 0 amide bonds. The van der Waals surface area contributed by atoms with E-state index in [4.69, 9.17) is 32.4 Å². The number of ether oxygens (including phenoxy) is 1. The average molecular weight is 485 g/mol. The second kappa shape index (κ2) is 8.85. The number of fused-ring (bicyclic) bond motifs is 1. The second-order valence-electron chi connectivity index (χ2n) is 9.00. The van der Waals surface area contributed by atoms with Crippen LogP contribution >= 0.6 is 23.2 Å². The van der Waals surface area contributed by atoms with Crippen LogP contribution in [0.1, 0.15) is 37.5 Å². The second-order valence-corrected chi connectivity index (χ2v) is 9.82. The number of halogens is 3. The Balaban J connectivity index is 1.88. The third-order valence-corrected chi connectivity index (χ3v) is 6.33. The topological polar surface area (TPSA) is 39.4 Å². The summed E-state index contributed by atoms with van der Waals surface area (Å²) in [5.74, 6) is -0.269. The van der Waals surface area contributed by atoms with Gasteiger partial charge in [-0.25, -0.2) is 4.39 Å². The van der Waals surface area contributed by atoms with Crippen LogP contribution in [0.25, 0.3) is 22.3 Å². The molecule has 3 nitrogen and oxygen atoms in total. The van der Waals surface area contributed by atoms with Gasteiger partial charge in [-0.1, -0.05) is 74.3 Å². The van der Waals surface area contributed by atoms with Crippen LogP contribution < -0.4 is 10.2 Å². The van der Waals surface area contributed by atoms with Crippen molar-refractivity contribution in [3.63, 3.8) is 0 Å². The Morgan fingerprint density at radius 1 is 1.00 bits per heavy atom. The van der Waals surface area contributed by atoms with Crippen LogP contribution in [0.2, 0.25) is 10.0 Å². The third kappa shape index (κ3) is 4.64. The van der Waals surface area contributed by atoms with E-state index in [-0.39, 0.29) is 44.9 Å². The fraction of sp³-hybridized carbons (Fsp3) is 0.222. The van der Waals surface area contributed by atoms with E-state index in [0.717, 1.165) is 11.1 Å². The molecule has 0 aliphatic heterocycles. The first-order chi connectivity index (χ1) is 15.6. The molecule has 0 saturated carbocycles. The Morgan fingerprint density at radius 3 is 2.33 bits per heavy atom. The van der Waals surface area contributed by atoms with E-state index < -0.39 is 5.82 Å². The highest BCUT2D eigenvalue weighted by Crippen LogP contribution is 2.35. The molecular formula is C27H23Cl2FO3. The zero-order chi connectivity index (χ0) is 23.9. The van der Waals surface area contributed by atoms with Gasteiger partial charge in [0, 0.05) is 16.1 Å². The van der Waals surface area contributed by atoms with Crippen molar-refractivity contribution < 1.29 is 13.5 Å². The highest BCUT2D eigenvalue weighted by molar-refractivity contribution is 6.32. The number of hydrogen-bond donors (Lipinski definition) is 0. The minimum absolute atomic E-state index is 0.0229. The zero-order valence-electron chi connectivity index (χ0n) is 18.8. The van der Waals surface area contributed by atoms with E-state index in [1.807, 2.05) is 31.2 Å². The van der Waals surface area contributed by atoms with Gasteiger partial charge >= 0.3 is 0 Å². The molecule has 33 heavy (non-hydrogen) atoms. The van der Waals surface area contributed by atoms with Crippen molar-refractivity contribution in [3.8, 4) is 17.1 Å². The van der Waals surface area contributed by atoms with Crippen LogP contribution in [-0.4, -0.2) is 0 Å². The molecule has 0 aliphatic carbocycles. The van der Waals surface area contributed by atoms with E-state index in [9.17, 15) is 9.18 Å². The Kier molecular flexibility index (Phi) is 6.26. The van der Waals surface area contributed by atoms with Crippen LogP contribution in [-0.2, 0) is 12.0 Å². The predicted molar refractivity (Wildman–Crippen MR) is 132 cm³/mol. The molecule has 3 aromatic carbocycles. The lowest BCUT2D eigenvalue weighted by molar-refractivity contribution is 0.292. The normalized spacial score (nSPS) is 11.7. The quantitative estimate of drug-likeness (QED) is 0.293. The number of rotatable bonds is 4. The molecule has 0 saturated heterocycles. The van der Waals surface area contributed by atoms with Gasteiger partial charge in [-0.2, -0.15) is 0 Å². The lowest BCUT2D eigenvalue weighted by Crippen LogP contribution is -2.12. The molecule has 4 aromatic rings. The maximum atomic E-state index is 14.3. The molecular weight excluding hydrogens is 462 g/mol. The summed E-state index contributed by atoms with van der Waals surface area (Å²) in [6.45, 7) is 7.98. The first-order valence-corrected chi connectivity index (χ1v) is 11.3. The molecule has 0 bridgehead atoms. The Labute approximate surface area is 201 Å². The monoisotopic (exact) mass is 484 g/mol. The molecule has 170 valence electrons. The van der Waals surface area contributed by atoms with Gasteiger partial charge in [0.2, 0.25) is 11.2 Å². The van der Waals surface area contributed by atoms with E-state index in [1.54, 1.807) is 18.2 Å². The predicted octanol–water partition coefficient (Wildman–Crippen LogP) is 8.09. The molecule has 0 N–H and O–H groups in total. The van der Waals surface area contributed by atoms with Gasteiger partial charge < -0.3 is 9.15 Å². The van der Waals surface area contributed by atoms with Crippen LogP contribution in [0.5, 0.6) is 5.75 Å². The minimum Gasteiger partial charge on any atom is -0.481 e. The summed E-state index contributed by atoms with van der Waals surface area (Å²) in [5.41, 5.74) is 2.73. The smallest absolute Gasteiger partial charge is 0.235 e. The molecule has 0 aliphatic rings. The summed E-state index contributed by atoms with van der Waals surface area (Å²) in [4.78, 5) is 13.4. The summed E-state index contributed by atoms with van der Waals surface area (Å²) in [5, 5.41) is 0.949. The Hall–Kier alpha value is -2.82. The van der Waals surface area contributed by atoms with Crippen LogP contribution in [0.4, 0.5) is 4.39 Å². The molecule has 4 rings (SSSR count). The highest BCUT2D eigenvalue weighted by atomic mass is 35.5. The van der Waals surface area contributed by atoms with Crippen LogP contribution in [0, 0.1) is 12.7 Å². The van der Waals surface area contributed by atoms with Gasteiger partial charge in [-0.3, -0.25) is 4.79 Å². The molecule has 0 atom stereocenters. The molecule has 0 radical (unpaired) electrons. The van der Waals surface area contributed by atoms with Gasteiger partial charge in [0.1, 0.15) is 18.0 Å².